The Hall–Kier alpha value is -2.33. The average molecular weight is 309 g/mol. The molecular formula is C19H23N3O. The minimum atomic E-state index is -0.652. The van der Waals surface area contributed by atoms with Crippen LogP contribution in [0.25, 0.3) is 0 Å². The summed E-state index contributed by atoms with van der Waals surface area (Å²) in [5, 5.41) is 1.85. The quantitative estimate of drug-likeness (QED) is 0.866. The van der Waals surface area contributed by atoms with Crippen LogP contribution in [0.3, 0.4) is 0 Å². The fourth-order valence-electron chi connectivity index (χ4n) is 3.04. The second-order valence-electron chi connectivity index (χ2n) is 5.56. The first-order chi connectivity index (χ1) is 11.2. The lowest BCUT2D eigenvalue weighted by Crippen LogP contribution is -2.39. The number of hydrogen-bond acceptors (Lipinski definition) is 4. The van der Waals surface area contributed by atoms with E-state index in [-0.39, 0.29) is 0 Å². The molecule has 2 aromatic carbocycles. The fourth-order valence-corrected chi connectivity index (χ4v) is 3.04. The first kappa shape index (κ1) is 15.6. The highest BCUT2D eigenvalue weighted by molar-refractivity contribution is 5.76. The molecule has 0 aromatic heterocycles. The number of amidine groups is 1. The van der Waals surface area contributed by atoms with E-state index < -0.39 is 5.66 Å². The lowest BCUT2D eigenvalue weighted by atomic mass is 9.91. The highest BCUT2D eigenvalue weighted by Gasteiger charge is 2.46. The number of nitrogens with zero attached hydrogens (tertiary/aromatic N) is 3. The average Bonchev–Trinajstić information content (AvgIpc) is 2.96. The third-order valence-electron chi connectivity index (χ3n) is 4.32. The van der Waals surface area contributed by atoms with Gasteiger partial charge in [-0.1, -0.05) is 60.7 Å². The Morgan fingerprint density at radius 3 is 1.83 bits per heavy atom. The zero-order valence-corrected chi connectivity index (χ0v) is 13.9. The third kappa shape index (κ3) is 2.59. The van der Waals surface area contributed by atoms with Crippen molar-refractivity contribution in [3.8, 4) is 0 Å². The van der Waals surface area contributed by atoms with Gasteiger partial charge in [-0.2, -0.15) is 4.99 Å². The van der Waals surface area contributed by atoms with E-state index in [1.165, 1.54) is 0 Å². The molecule has 0 bridgehead atoms. The third-order valence-corrected chi connectivity index (χ3v) is 4.32. The number of hydrogen-bond donors (Lipinski definition) is 0. The van der Waals surface area contributed by atoms with Crippen LogP contribution in [0.15, 0.2) is 65.7 Å². The molecule has 0 unspecified atom stereocenters. The van der Waals surface area contributed by atoms with Gasteiger partial charge in [0.25, 0.3) is 0 Å². The predicted octanol–water partition coefficient (Wildman–Crippen LogP) is 3.46. The number of hydroxylamine groups is 2. The van der Waals surface area contributed by atoms with Gasteiger partial charge in [-0.25, -0.2) is 0 Å². The summed E-state index contributed by atoms with van der Waals surface area (Å²) in [6.07, 6.45) is 0. The second-order valence-corrected chi connectivity index (χ2v) is 5.56. The molecule has 0 saturated heterocycles. The van der Waals surface area contributed by atoms with Crippen LogP contribution < -0.4 is 0 Å². The van der Waals surface area contributed by atoms with Gasteiger partial charge in [0.15, 0.2) is 0 Å². The van der Waals surface area contributed by atoms with E-state index in [2.05, 4.69) is 43.0 Å². The first-order valence-corrected chi connectivity index (χ1v) is 8.10. The van der Waals surface area contributed by atoms with Crippen molar-refractivity contribution in [2.45, 2.75) is 19.5 Å². The van der Waals surface area contributed by atoms with Crippen molar-refractivity contribution in [2.75, 3.05) is 20.1 Å². The molecule has 0 atom stereocenters. The maximum atomic E-state index is 6.04. The first-order valence-electron chi connectivity index (χ1n) is 8.10. The number of aliphatic imine (C=N–C) groups is 1. The molecule has 0 radical (unpaired) electrons. The Labute approximate surface area is 138 Å². The van der Waals surface area contributed by atoms with Crippen molar-refractivity contribution in [3.05, 3.63) is 71.8 Å². The molecular weight excluding hydrogens is 286 g/mol. The summed E-state index contributed by atoms with van der Waals surface area (Å²) < 4.78 is 0. The minimum absolute atomic E-state index is 0.652. The Morgan fingerprint density at radius 1 is 0.913 bits per heavy atom. The van der Waals surface area contributed by atoms with E-state index in [0.29, 0.717) is 6.02 Å². The van der Waals surface area contributed by atoms with Crippen LogP contribution in [0.2, 0.25) is 0 Å². The van der Waals surface area contributed by atoms with Crippen LogP contribution >= 0.6 is 0 Å². The zero-order chi connectivity index (χ0) is 16.3. The molecule has 0 aliphatic carbocycles. The molecule has 120 valence electrons. The second kappa shape index (κ2) is 6.42. The summed E-state index contributed by atoms with van der Waals surface area (Å²) in [5.74, 6) is 0. The molecule has 0 fully saturated rings. The summed E-state index contributed by atoms with van der Waals surface area (Å²) in [7, 11) is 1.94. The minimum Gasteiger partial charge on any atom is -0.365 e. The highest BCUT2D eigenvalue weighted by atomic mass is 16.7. The fraction of sp³-hybridized carbons (Fsp3) is 0.316. The molecule has 0 saturated carbocycles. The van der Waals surface area contributed by atoms with Crippen LogP contribution in [-0.4, -0.2) is 36.1 Å². The molecule has 2 aromatic rings. The van der Waals surface area contributed by atoms with Crippen LogP contribution in [0.1, 0.15) is 25.0 Å². The van der Waals surface area contributed by atoms with Gasteiger partial charge >= 0.3 is 6.02 Å². The maximum absolute atomic E-state index is 6.04. The normalized spacial score (nSPS) is 16.7. The Kier molecular flexibility index (Phi) is 4.35. The predicted molar refractivity (Wildman–Crippen MR) is 92.9 cm³/mol. The van der Waals surface area contributed by atoms with E-state index in [0.717, 1.165) is 24.2 Å². The van der Waals surface area contributed by atoms with Gasteiger partial charge < -0.3 is 9.74 Å². The van der Waals surface area contributed by atoms with Gasteiger partial charge in [-0.15, -0.1) is 5.06 Å². The summed E-state index contributed by atoms with van der Waals surface area (Å²) in [5.41, 5.74) is 1.53. The summed E-state index contributed by atoms with van der Waals surface area (Å²) in [6.45, 7) is 5.95. The highest BCUT2D eigenvalue weighted by Crippen LogP contribution is 2.40. The maximum Gasteiger partial charge on any atom is 0.310 e. The Bertz CT molecular complexity index is 626. The van der Waals surface area contributed by atoms with Crippen molar-refractivity contribution in [3.63, 3.8) is 0 Å². The molecule has 1 heterocycles. The van der Waals surface area contributed by atoms with Gasteiger partial charge in [0, 0.05) is 31.3 Å². The van der Waals surface area contributed by atoms with Crippen LogP contribution in [-0.2, 0) is 10.5 Å². The molecule has 1 aliphatic rings. The van der Waals surface area contributed by atoms with E-state index >= 15 is 0 Å². The SMILES string of the molecule is CCN(CC)C1=NC(c2ccccc2)(c2ccccc2)N(C)O1. The van der Waals surface area contributed by atoms with Gasteiger partial charge in [0.05, 0.1) is 0 Å². The lowest BCUT2D eigenvalue weighted by Gasteiger charge is -2.31. The Morgan fingerprint density at radius 2 is 1.39 bits per heavy atom. The van der Waals surface area contributed by atoms with Crippen molar-refractivity contribution < 1.29 is 4.84 Å². The van der Waals surface area contributed by atoms with E-state index in [4.69, 9.17) is 9.83 Å². The van der Waals surface area contributed by atoms with Crippen molar-refractivity contribution in [1.29, 1.82) is 0 Å². The lowest BCUT2D eigenvalue weighted by molar-refractivity contribution is -0.101. The summed E-state index contributed by atoms with van der Waals surface area (Å²) in [4.78, 5) is 13.2. The van der Waals surface area contributed by atoms with Crippen molar-refractivity contribution in [2.24, 2.45) is 4.99 Å². The monoisotopic (exact) mass is 309 g/mol. The van der Waals surface area contributed by atoms with Crippen LogP contribution in [0.5, 0.6) is 0 Å². The number of benzene rings is 2. The zero-order valence-electron chi connectivity index (χ0n) is 13.9. The largest absolute Gasteiger partial charge is 0.365 e. The van der Waals surface area contributed by atoms with E-state index in [1.54, 1.807) is 0 Å². The smallest absolute Gasteiger partial charge is 0.310 e. The summed E-state index contributed by atoms with van der Waals surface area (Å²) in [6, 6.07) is 21.3. The molecule has 1 aliphatic heterocycles. The molecule has 4 nitrogen and oxygen atoms in total. The standard InChI is InChI=1S/C19H23N3O/c1-4-22(5-2)18-20-19(21(3)23-18,16-12-8-6-9-13-16)17-14-10-7-11-15-17/h6-15H,4-5H2,1-3H3. The van der Waals surface area contributed by atoms with Gasteiger partial charge in [0.1, 0.15) is 0 Å². The molecule has 4 heteroatoms. The molecule has 3 rings (SSSR count). The molecule has 23 heavy (non-hydrogen) atoms. The number of rotatable bonds is 4. The molecule has 0 spiro atoms. The topological polar surface area (TPSA) is 28.1 Å². The summed E-state index contributed by atoms with van der Waals surface area (Å²) >= 11 is 0. The van der Waals surface area contributed by atoms with Crippen LogP contribution in [0, 0.1) is 0 Å². The van der Waals surface area contributed by atoms with Crippen LogP contribution in [0.4, 0.5) is 0 Å². The molecule has 0 N–H and O–H groups in total. The Balaban J connectivity index is 2.17. The van der Waals surface area contributed by atoms with Gasteiger partial charge in [-0.3, -0.25) is 0 Å². The van der Waals surface area contributed by atoms with E-state index in [9.17, 15) is 0 Å². The van der Waals surface area contributed by atoms with Crippen molar-refractivity contribution >= 4 is 6.02 Å². The van der Waals surface area contributed by atoms with Gasteiger partial charge in [0.2, 0.25) is 5.66 Å². The van der Waals surface area contributed by atoms with Crippen molar-refractivity contribution in [1.82, 2.24) is 9.96 Å². The molecule has 0 amide bonds. The van der Waals surface area contributed by atoms with Gasteiger partial charge in [-0.05, 0) is 13.8 Å². The van der Waals surface area contributed by atoms with E-state index in [1.807, 2.05) is 48.5 Å².